The zero-order valence-corrected chi connectivity index (χ0v) is 17.5. The second-order valence-corrected chi connectivity index (χ2v) is 8.60. The summed E-state index contributed by atoms with van der Waals surface area (Å²) in [6, 6.07) is 5.86. The molecule has 1 saturated heterocycles. The van der Waals surface area contributed by atoms with Gasteiger partial charge >= 0.3 is 0 Å². The van der Waals surface area contributed by atoms with Crippen molar-refractivity contribution >= 4 is 22.4 Å². The molecule has 0 unspecified atom stereocenters. The van der Waals surface area contributed by atoms with Crippen LogP contribution in [0.4, 0.5) is 5.13 Å². The first-order chi connectivity index (χ1) is 12.9. The van der Waals surface area contributed by atoms with E-state index in [1.54, 1.807) is 11.3 Å². The number of benzene rings is 1. The van der Waals surface area contributed by atoms with Gasteiger partial charge < -0.3 is 4.74 Å². The van der Waals surface area contributed by atoms with Crippen molar-refractivity contribution in [3.63, 3.8) is 0 Å². The predicted molar refractivity (Wildman–Crippen MR) is 111 cm³/mol. The van der Waals surface area contributed by atoms with Gasteiger partial charge in [0.15, 0.2) is 11.7 Å². The SMILES string of the molecule is Cc1cccc(OCC(=O)Nc2nc(C)c(CN3CCC(C)CC3)s2)c1C. The number of likely N-dealkylation sites (tertiary alicyclic amines) is 1. The number of rotatable bonds is 6. The third-order valence-corrected chi connectivity index (χ3v) is 6.35. The Morgan fingerprint density at radius 2 is 2.04 bits per heavy atom. The number of ether oxygens (including phenoxy) is 1. The lowest BCUT2D eigenvalue weighted by Gasteiger charge is -2.29. The van der Waals surface area contributed by atoms with Gasteiger partial charge in [0.25, 0.3) is 5.91 Å². The molecule has 0 spiro atoms. The molecule has 3 rings (SSSR count). The highest BCUT2D eigenvalue weighted by atomic mass is 32.1. The maximum Gasteiger partial charge on any atom is 0.264 e. The van der Waals surface area contributed by atoms with Gasteiger partial charge in [-0.25, -0.2) is 4.98 Å². The summed E-state index contributed by atoms with van der Waals surface area (Å²) in [5.74, 6) is 1.40. The van der Waals surface area contributed by atoms with E-state index in [2.05, 4.69) is 22.1 Å². The Bertz CT molecular complexity index is 795. The first kappa shape index (κ1) is 19.8. The molecule has 1 fully saturated rings. The zero-order chi connectivity index (χ0) is 19.4. The van der Waals surface area contributed by atoms with Crippen molar-refractivity contribution in [2.75, 3.05) is 25.0 Å². The molecule has 0 bridgehead atoms. The second kappa shape index (κ2) is 8.85. The van der Waals surface area contributed by atoms with Crippen LogP contribution in [0.15, 0.2) is 18.2 Å². The number of anilines is 1. The monoisotopic (exact) mass is 387 g/mol. The predicted octanol–water partition coefficient (Wildman–Crippen LogP) is 4.32. The number of hydrogen-bond donors (Lipinski definition) is 1. The summed E-state index contributed by atoms with van der Waals surface area (Å²) >= 11 is 1.57. The van der Waals surface area contributed by atoms with E-state index in [9.17, 15) is 4.79 Å². The van der Waals surface area contributed by atoms with E-state index in [4.69, 9.17) is 4.74 Å². The van der Waals surface area contributed by atoms with E-state index in [-0.39, 0.29) is 12.5 Å². The summed E-state index contributed by atoms with van der Waals surface area (Å²) in [5.41, 5.74) is 3.22. The van der Waals surface area contributed by atoms with Gasteiger partial charge in [-0.15, -0.1) is 11.3 Å². The molecule has 1 aliphatic rings. The highest BCUT2D eigenvalue weighted by Crippen LogP contribution is 2.26. The van der Waals surface area contributed by atoms with Crippen LogP contribution in [-0.2, 0) is 11.3 Å². The first-order valence-corrected chi connectivity index (χ1v) is 10.4. The molecular weight excluding hydrogens is 358 g/mol. The van der Waals surface area contributed by atoms with Crippen molar-refractivity contribution in [1.82, 2.24) is 9.88 Å². The highest BCUT2D eigenvalue weighted by Gasteiger charge is 2.18. The number of carbonyl (C=O) groups excluding carboxylic acids is 1. The molecule has 0 saturated carbocycles. The summed E-state index contributed by atoms with van der Waals surface area (Å²) in [6.45, 7) is 11.6. The van der Waals surface area contributed by atoms with Crippen molar-refractivity contribution in [1.29, 1.82) is 0 Å². The van der Waals surface area contributed by atoms with Crippen LogP contribution in [0.1, 0.15) is 41.5 Å². The lowest BCUT2D eigenvalue weighted by molar-refractivity contribution is -0.118. The number of hydrogen-bond acceptors (Lipinski definition) is 5. The van der Waals surface area contributed by atoms with Crippen LogP contribution in [0, 0.1) is 26.7 Å². The van der Waals surface area contributed by atoms with Crippen molar-refractivity contribution in [3.8, 4) is 5.75 Å². The first-order valence-electron chi connectivity index (χ1n) is 9.60. The van der Waals surface area contributed by atoms with Gasteiger partial charge in [-0.2, -0.15) is 0 Å². The van der Waals surface area contributed by atoms with Crippen LogP contribution in [0.3, 0.4) is 0 Å². The second-order valence-electron chi connectivity index (χ2n) is 7.52. The average Bonchev–Trinajstić information content (AvgIpc) is 2.97. The standard InChI is InChI=1S/C21H29N3O2S/c1-14-8-10-24(11-9-14)12-19-17(4)22-21(27-19)23-20(25)13-26-18-7-5-6-15(2)16(18)3/h5-7,14H,8-13H2,1-4H3,(H,22,23,25). The van der Waals surface area contributed by atoms with Crippen LogP contribution in [-0.4, -0.2) is 35.5 Å². The number of nitrogens with one attached hydrogen (secondary N) is 1. The van der Waals surface area contributed by atoms with Gasteiger partial charge in [-0.1, -0.05) is 19.1 Å². The van der Waals surface area contributed by atoms with Crippen molar-refractivity contribution < 1.29 is 9.53 Å². The lowest BCUT2D eigenvalue weighted by atomic mass is 9.99. The van der Waals surface area contributed by atoms with E-state index >= 15 is 0 Å². The molecule has 2 aromatic rings. The van der Waals surface area contributed by atoms with Crippen molar-refractivity contribution in [2.45, 2.75) is 47.1 Å². The molecule has 5 nitrogen and oxygen atoms in total. The van der Waals surface area contributed by atoms with Crippen molar-refractivity contribution in [2.24, 2.45) is 5.92 Å². The third kappa shape index (κ3) is 5.30. The molecular formula is C21H29N3O2S. The number of nitrogens with zero attached hydrogens (tertiary/aromatic N) is 2. The minimum Gasteiger partial charge on any atom is -0.483 e. The fourth-order valence-electron chi connectivity index (χ4n) is 3.23. The Hall–Kier alpha value is -1.92. The quantitative estimate of drug-likeness (QED) is 0.802. The molecule has 1 aliphatic heterocycles. The van der Waals surface area contributed by atoms with Gasteiger partial charge in [0.2, 0.25) is 0 Å². The summed E-state index contributed by atoms with van der Waals surface area (Å²) in [5, 5.41) is 3.53. The lowest BCUT2D eigenvalue weighted by Crippen LogP contribution is -2.32. The van der Waals surface area contributed by atoms with Gasteiger partial charge in [-0.3, -0.25) is 15.0 Å². The van der Waals surface area contributed by atoms with Gasteiger partial charge in [0, 0.05) is 11.4 Å². The molecule has 1 aromatic heterocycles. The molecule has 0 atom stereocenters. The van der Waals surface area contributed by atoms with E-state index in [0.717, 1.165) is 48.1 Å². The Labute approximate surface area is 165 Å². The minimum atomic E-state index is -0.178. The molecule has 0 aliphatic carbocycles. The Balaban J connectivity index is 1.53. The van der Waals surface area contributed by atoms with E-state index in [1.165, 1.54) is 17.7 Å². The highest BCUT2D eigenvalue weighted by molar-refractivity contribution is 7.15. The van der Waals surface area contributed by atoms with Crippen LogP contribution < -0.4 is 10.1 Å². The number of thiazole rings is 1. The average molecular weight is 388 g/mol. The Kier molecular flexibility index (Phi) is 6.50. The van der Waals surface area contributed by atoms with Gasteiger partial charge in [0.05, 0.1) is 5.69 Å². The van der Waals surface area contributed by atoms with Gasteiger partial charge in [0.1, 0.15) is 5.75 Å². The summed E-state index contributed by atoms with van der Waals surface area (Å²) in [6.07, 6.45) is 2.52. The molecule has 0 radical (unpaired) electrons. The Morgan fingerprint density at radius 3 is 2.78 bits per heavy atom. The largest absolute Gasteiger partial charge is 0.483 e. The van der Waals surface area contributed by atoms with Crippen LogP contribution >= 0.6 is 11.3 Å². The maximum atomic E-state index is 12.2. The fraction of sp³-hybridized carbons (Fsp3) is 0.524. The summed E-state index contributed by atoms with van der Waals surface area (Å²) < 4.78 is 5.68. The summed E-state index contributed by atoms with van der Waals surface area (Å²) in [7, 11) is 0. The normalized spacial score (nSPS) is 15.7. The topological polar surface area (TPSA) is 54.5 Å². The zero-order valence-electron chi connectivity index (χ0n) is 16.7. The maximum absolute atomic E-state index is 12.2. The van der Waals surface area contributed by atoms with Gasteiger partial charge in [-0.05, 0) is 69.8 Å². The third-order valence-electron chi connectivity index (χ3n) is 5.30. The molecule has 27 heavy (non-hydrogen) atoms. The number of aryl methyl sites for hydroxylation is 2. The Morgan fingerprint density at radius 1 is 1.30 bits per heavy atom. The number of amides is 1. The minimum absolute atomic E-state index is 0.0116. The summed E-state index contributed by atoms with van der Waals surface area (Å²) in [4.78, 5) is 20.5. The van der Waals surface area contributed by atoms with E-state index < -0.39 is 0 Å². The number of piperidine rings is 1. The van der Waals surface area contributed by atoms with Crippen molar-refractivity contribution in [3.05, 3.63) is 39.9 Å². The molecule has 2 heterocycles. The number of aromatic nitrogens is 1. The smallest absolute Gasteiger partial charge is 0.264 e. The van der Waals surface area contributed by atoms with E-state index in [1.807, 2.05) is 39.0 Å². The van der Waals surface area contributed by atoms with Crippen LogP contribution in [0.25, 0.3) is 0 Å². The van der Waals surface area contributed by atoms with Crippen LogP contribution in [0.5, 0.6) is 5.75 Å². The molecule has 1 N–H and O–H groups in total. The molecule has 146 valence electrons. The number of carbonyl (C=O) groups is 1. The molecule has 1 aromatic carbocycles. The van der Waals surface area contributed by atoms with E-state index in [0.29, 0.717) is 5.13 Å². The van der Waals surface area contributed by atoms with Crippen LogP contribution in [0.2, 0.25) is 0 Å². The molecule has 1 amide bonds. The molecule has 6 heteroatoms. The fourth-order valence-corrected chi connectivity index (χ4v) is 4.25.